The first-order valence-corrected chi connectivity index (χ1v) is 4.94. The molecule has 8 heteroatoms. The number of hydrogen-bond acceptors (Lipinski definition) is 3. The Balaban J connectivity index is 3.40. The van der Waals surface area contributed by atoms with E-state index in [4.69, 9.17) is 10.2 Å². The minimum absolute atomic E-state index is 0.345. The molecule has 0 bridgehead atoms. The van der Waals surface area contributed by atoms with Gasteiger partial charge in [-0.15, -0.1) is 0 Å². The highest BCUT2D eigenvalue weighted by molar-refractivity contribution is 9.10. The Hall–Kier alpha value is -1.28. The van der Waals surface area contributed by atoms with Crippen molar-refractivity contribution in [1.29, 1.82) is 0 Å². The molecule has 1 aromatic rings. The molecule has 0 spiro atoms. The van der Waals surface area contributed by atoms with Gasteiger partial charge in [-0.2, -0.15) is 13.2 Å². The fourth-order valence-corrected chi connectivity index (χ4v) is 1.60. The molecule has 0 aliphatic rings. The summed E-state index contributed by atoms with van der Waals surface area (Å²) in [7, 11) is 0. The first kappa shape index (κ1) is 13.8. The lowest BCUT2D eigenvalue weighted by Crippen LogP contribution is -2.13. The van der Waals surface area contributed by atoms with Crippen LogP contribution in [0.1, 0.15) is 17.2 Å². The van der Waals surface area contributed by atoms with Gasteiger partial charge in [0.25, 0.3) is 0 Å². The molecule has 0 aliphatic carbocycles. The average Bonchev–Trinajstić information content (AvgIpc) is 2.19. The first-order chi connectivity index (χ1) is 7.64. The summed E-state index contributed by atoms with van der Waals surface area (Å²) >= 11 is 2.65. The average molecular weight is 315 g/mol. The van der Waals surface area contributed by atoms with E-state index in [-0.39, 0.29) is 4.47 Å². The van der Waals surface area contributed by atoms with Gasteiger partial charge in [-0.1, -0.05) is 0 Å². The van der Waals surface area contributed by atoms with Crippen molar-refractivity contribution < 1.29 is 33.3 Å². The van der Waals surface area contributed by atoms with Crippen LogP contribution in [-0.2, 0) is 11.0 Å². The summed E-state index contributed by atoms with van der Waals surface area (Å²) in [5, 5.41) is 27.0. The van der Waals surface area contributed by atoms with Crippen molar-refractivity contribution in [2.45, 2.75) is 12.3 Å². The lowest BCUT2D eigenvalue weighted by Gasteiger charge is -2.14. The molecule has 0 fully saturated rings. The molecule has 1 rings (SSSR count). The number of carboxylic acids is 1. The Kier molecular flexibility index (Phi) is 3.68. The number of aliphatic hydroxyl groups is 1. The first-order valence-electron chi connectivity index (χ1n) is 4.15. The van der Waals surface area contributed by atoms with Crippen molar-refractivity contribution in [3.63, 3.8) is 0 Å². The highest BCUT2D eigenvalue weighted by Crippen LogP contribution is 2.39. The van der Waals surface area contributed by atoms with Gasteiger partial charge < -0.3 is 15.3 Å². The zero-order valence-electron chi connectivity index (χ0n) is 7.99. The second kappa shape index (κ2) is 4.53. The Morgan fingerprint density at radius 1 is 1.35 bits per heavy atom. The van der Waals surface area contributed by atoms with E-state index in [1.165, 1.54) is 0 Å². The van der Waals surface area contributed by atoms with Gasteiger partial charge in [-0.05, 0) is 28.1 Å². The van der Waals surface area contributed by atoms with Crippen molar-refractivity contribution in [3.8, 4) is 5.75 Å². The van der Waals surface area contributed by atoms with Gasteiger partial charge in [-0.3, -0.25) is 0 Å². The summed E-state index contributed by atoms with van der Waals surface area (Å²) in [5.74, 6) is -2.50. The summed E-state index contributed by atoms with van der Waals surface area (Å²) in [6, 6.07) is 0.978. The molecule has 17 heavy (non-hydrogen) atoms. The van der Waals surface area contributed by atoms with E-state index < -0.39 is 35.1 Å². The Morgan fingerprint density at radius 2 is 1.88 bits per heavy atom. The predicted molar refractivity (Wildman–Crippen MR) is 53.4 cm³/mol. The number of alkyl halides is 3. The Morgan fingerprint density at radius 3 is 2.29 bits per heavy atom. The molecule has 0 amide bonds. The van der Waals surface area contributed by atoms with Crippen molar-refractivity contribution in [1.82, 2.24) is 0 Å². The third-order valence-electron chi connectivity index (χ3n) is 1.95. The lowest BCUT2D eigenvalue weighted by molar-refractivity contribution is -0.147. The number of aliphatic carboxylic acids is 1. The van der Waals surface area contributed by atoms with Crippen LogP contribution >= 0.6 is 15.9 Å². The predicted octanol–water partition coefficient (Wildman–Crippen LogP) is 2.29. The van der Waals surface area contributed by atoms with E-state index in [0.29, 0.717) is 12.1 Å². The molecule has 94 valence electrons. The molecule has 0 aromatic heterocycles. The van der Waals surface area contributed by atoms with Crippen molar-refractivity contribution >= 4 is 21.9 Å². The van der Waals surface area contributed by atoms with Crippen LogP contribution in [0.15, 0.2) is 16.6 Å². The van der Waals surface area contributed by atoms with Crippen molar-refractivity contribution in [3.05, 3.63) is 27.7 Å². The van der Waals surface area contributed by atoms with Crippen LogP contribution in [0.2, 0.25) is 0 Å². The van der Waals surface area contributed by atoms with Gasteiger partial charge in [0, 0.05) is 5.56 Å². The maximum atomic E-state index is 12.4. The largest absolute Gasteiger partial charge is 0.506 e. The topological polar surface area (TPSA) is 77.8 Å². The van der Waals surface area contributed by atoms with E-state index >= 15 is 0 Å². The quantitative estimate of drug-likeness (QED) is 0.782. The van der Waals surface area contributed by atoms with Crippen LogP contribution in [0.3, 0.4) is 0 Å². The van der Waals surface area contributed by atoms with Gasteiger partial charge in [0.2, 0.25) is 0 Å². The van der Waals surface area contributed by atoms with Crippen molar-refractivity contribution in [2.24, 2.45) is 0 Å². The monoisotopic (exact) mass is 314 g/mol. The van der Waals surface area contributed by atoms with Gasteiger partial charge >= 0.3 is 12.1 Å². The summed E-state index contributed by atoms with van der Waals surface area (Å²) in [6.07, 6.45) is -6.93. The van der Waals surface area contributed by atoms with E-state index in [1.54, 1.807) is 0 Å². The van der Waals surface area contributed by atoms with Gasteiger partial charge in [0.15, 0.2) is 6.10 Å². The molecular formula is C9H6BrF3O4. The van der Waals surface area contributed by atoms with E-state index in [1.807, 2.05) is 0 Å². The summed E-state index contributed by atoms with van der Waals surface area (Å²) in [6.45, 7) is 0. The molecule has 1 aromatic carbocycles. The number of phenols is 1. The van der Waals surface area contributed by atoms with Gasteiger partial charge in [-0.25, -0.2) is 4.79 Å². The SMILES string of the molecule is O=C(O)C(O)c1cc(C(F)(F)F)cc(Br)c1O. The highest BCUT2D eigenvalue weighted by Gasteiger charge is 2.33. The van der Waals surface area contributed by atoms with Gasteiger partial charge in [0.1, 0.15) is 5.75 Å². The van der Waals surface area contributed by atoms with Crippen molar-refractivity contribution in [2.75, 3.05) is 0 Å². The van der Waals surface area contributed by atoms with E-state index in [9.17, 15) is 23.1 Å². The molecular weight excluding hydrogens is 309 g/mol. The van der Waals surface area contributed by atoms with Crippen LogP contribution in [0.25, 0.3) is 0 Å². The maximum Gasteiger partial charge on any atom is 0.416 e. The zero-order valence-corrected chi connectivity index (χ0v) is 9.58. The second-order valence-corrected chi connectivity index (χ2v) is 3.99. The Labute approximate surface area is 101 Å². The number of rotatable bonds is 2. The summed E-state index contributed by atoms with van der Waals surface area (Å²) in [5.41, 5.74) is -1.89. The van der Waals surface area contributed by atoms with Gasteiger partial charge in [0.05, 0.1) is 10.0 Å². The number of carboxylic acid groups (broad SMARTS) is 1. The Bertz CT molecular complexity index is 458. The van der Waals surface area contributed by atoms with Crippen LogP contribution in [0, 0.1) is 0 Å². The third-order valence-corrected chi connectivity index (χ3v) is 2.55. The zero-order chi connectivity index (χ0) is 13.4. The molecule has 0 saturated carbocycles. The van der Waals surface area contributed by atoms with Crippen LogP contribution in [0.4, 0.5) is 13.2 Å². The van der Waals surface area contributed by atoms with Crippen LogP contribution in [-0.4, -0.2) is 21.3 Å². The molecule has 0 saturated heterocycles. The standard InChI is InChI=1S/C9H6BrF3O4/c10-5-2-3(9(11,12)13)1-4(6(5)14)7(15)8(16)17/h1-2,7,14-15H,(H,16,17). The van der Waals surface area contributed by atoms with Crippen LogP contribution in [0.5, 0.6) is 5.75 Å². The minimum atomic E-state index is -4.71. The number of benzene rings is 1. The lowest BCUT2D eigenvalue weighted by atomic mass is 10.0. The van der Waals surface area contributed by atoms with E-state index in [2.05, 4.69) is 15.9 Å². The molecule has 0 heterocycles. The molecule has 0 radical (unpaired) electrons. The van der Waals surface area contributed by atoms with E-state index in [0.717, 1.165) is 0 Å². The number of aliphatic hydroxyl groups excluding tert-OH is 1. The second-order valence-electron chi connectivity index (χ2n) is 3.13. The molecule has 1 atom stereocenters. The third kappa shape index (κ3) is 2.89. The molecule has 4 nitrogen and oxygen atoms in total. The molecule has 1 unspecified atom stereocenters. The molecule has 0 aliphatic heterocycles. The summed E-state index contributed by atoms with van der Waals surface area (Å²) in [4.78, 5) is 10.5. The fourth-order valence-electron chi connectivity index (χ4n) is 1.13. The fraction of sp³-hybridized carbons (Fsp3) is 0.222. The summed E-state index contributed by atoms with van der Waals surface area (Å²) < 4.78 is 36.9. The normalized spacial score (nSPS) is 13.5. The van der Waals surface area contributed by atoms with Crippen LogP contribution < -0.4 is 0 Å². The molecule has 3 N–H and O–H groups in total. The maximum absolute atomic E-state index is 12.4. The smallest absolute Gasteiger partial charge is 0.416 e. The highest BCUT2D eigenvalue weighted by atomic mass is 79.9. The minimum Gasteiger partial charge on any atom is -0.506 e. The number of phenolic OH excluding ortho intramolecular Hbond substituents is 1. The number of hydrogen-bond donors (Lipinski definition) is 3. The number of aromatic hydroxyl groups is 1. The number of carbonyl (C=O) groups is 1. The number of halogens is 4.